The molecular weight excluding hydrogens is 226 g/mol. The Hall–Kier alpha value is -1.06. The molecule has 0 radical (unpaired) electrons. The first-order chi connectivity index (χ1) is 8.90. The van der Waals surface area contributed by atoms with Crippen LogP contribution in [-0.2, 0) is 11.2 Å². The van der Waals surface area contributed by atoms with Crippen LogP contribution in [0.2, 0.25) is 0 Å². The summed E-state index contributed by atoms with van der Waals surface area (Å²) in [5, 5.41) is 3.33. The van der Waals surface area contributed by atoms with Gasteiger partial charge in [-0.3, -0.25) is 0 Å². The van der Waals surface area contributed by atoms with Crippen molar-refractivity contribution in [3.63, 3.8) is 0 Å². The lowest BCUT2D eigenvalue weighted by atomic mass is 10.1. The fraction of sp³-hybridized carbons (Fsp3) is 0.600. The lowest BCUT2D eigenvalue weighted by molar-refractivity contribution is 0.0167. The fourth-order valence-electron chi connectivity index (χ4n) is 2.27. The Labute approximate surface area is 109 Å². The molecule has 1 aliphatic heterocycles. The number of rotatable bonds is 6. The summed E-state index contributed by atoms with van der Waals surface area (Å²) in [6.45, 7) is 5.62. The van der Waals surface area contributed by atoms with E-state index in [1.165, 1.54) is 5.56 Å². The van der Waals surface area contributed by atoms with E-state index in [4.69, 9.17) is 9.47 Å². The molecule has 0 aliphatic carbocycles. The number of aryl methyl sites for hydroxylation is 1. The molecule has 3 nitrogen and oxygen atoms in total. The molecule has 1 aromatic rings. The minimum Gasteiger partial charge on any atom is -0.491 e. The highest BCUT2D eigenvalue weighted by Crippen LogP contribution is 2.18. The van der Waals surface area contributed by atoms with Crippen molar-refractivity contribution in [3.05, 3.63) is 29.8 Å². The summed E-state index contributed by atoms with van der Waals surface area (Å²) in [4.78, 5) is 0. The molecule has 0 amide bonds. The standard InChI is InChI=1S/C15H23NO2/c1-2-13-5-3-4-6-15(13)18-12-11-17-14-7-9-16-10-8-14/h3-6,14,16H,2,7-12H2,1H3. The third kappa shape index (κ3) is 4.00. The predicted molar refractivity (Wildman–Crippen MR) is 73.2 cm³/mol. The highest BCUT2D eigenvalue weighted by Gasteiger charge is 2.12. The number of ether oxygens (including phenoxy) is 2. The quantitative estimate of drug-likeness (QED) is 0.785. The maximum atomic E-state index is 5.81. The van der Waals surface area contributed by atoms with Gasteiger partial charge in [-0.05, 0) is 44.0 Å². The van der Waals surface area contributed by atoms with Crippen LogP contribution in [0.3, 0.4) is 0 Å². The van der Waals surface area contributed by atoms with E-state index in [0.29, 0.717) is 19.3 Å². The highest BCUT2D eigenvalue weighted by atomic mass is 16.5. The SMILES string of the molecule is CCc1ccccc1OCCOC1CCNCC1. The van der Waals surface area contributed by atoms with Crippen molar-refractivity contribution in [2.45, 2.75) is 32.3 Å². The third-order valence-electron chi connectivity index (χ3n) is 3.33. The molecule has 3 heteroatoms. The number of nitrogens with one attached hydrogen (secondary N) is 1. The lowest BCUT2D eigenvalue weighted by Gasteiger charge is -2.23. The predicted octanol–water partition coefficient (Wildman–Crippen LogP) is 2.40. The molecule has 100 valence electrons. The second kappa shape index (κ2) is 7.39. The zero-order chi connectivity index (χ0) is 12.6. The summed E-state index contributed by atoms with van der Waals surface area (Å²) in [7, 11) is 0. The first-order valence-electron chi connectivity index (χ1n) is 6.93. The van der Waals surface area contributed by atoms with Gasteiger partial charge in [-0.15, -0.1) is 0 Å². The van der Waals surface area contributed by atoms with E-state index in [1.807, 2.05) is 12.1 Å². The average molecular weight is 249 g/mol. The Morgan fingerprint density at radius 2 is 1.94 bits per heavy atom. The molecular formula is C15H23NO2. The van der Waals surface area contributed by atoms with Gasteiger partial charge < -0.3 is 14.8 Å². The van der Waals surface area contributed by atoms with Gasteiger partial charge >= 0.3 is 0 Å². The Morgan fingerprint density at radius 1 is 1.17 bits per heavy atom. The molecule has 0 saturated carbocycles. The number of piperidine rings is 1. The Bertz CT molecular complexity index is 348. The Balaban J connectivity index is 1.68. The van der Waals surface area contributed by atoms with Crippen LogP contribution >= 0.6 is 0 Å². The smallest absolute Gasteiger partial charge is 0.122 e. The maximum Gasteiger partial charge on any atom is 0.122 e. The summed E-state index contributed by atoms with van der Waals surface area (Å²) in [5.74, 6) is 0.994. The van der Waals surface area contributed by atoms with Crippen LogP contribution in [0, 0.1) is 0 Å². The van der Waals surface area contributed by atoms with E-state index < -0.39 is 0 Å². The zero-order valence-electron chi connectivity index (χ0n) is 11.2. The second-order valence-corrected chi connectivity index (χ2v) is 4.63. The molecule has 0 bridgehead atoms. The van der Waals surface area contributed by atoms with Crippen molar-refractivity contribution >= 4 is 0 Å². The summed E-state index contributed by atoms with van der Waals surface area (Å²) < 4.78 is 11.6. The molecule has 1 saturated heterocycles. The van der Waals surface area contributed by atoms with Crippen LogP contribution in [0.15, 0.2) is 24.3 Å². The molecule has 0 aromatic heterocycles. The number of hydrogen-bond acceptors (Lipinski definition) is 3. The molecule has 1 aromatic carbocycles. The molecule has 2 rings (SSSR count). The van der Waals surface area contributed by atoms with Crippen LogP contribution in [0.25, 0.3) is 0 Å². The van der Waals surface area contributed by atoms with Gasteiger partial charge in [0.1, 0.15) is 12.4 Å². The van der Waals surface area contributed by atoms with Crippen LogP contribution in [-0.4, -0.2) is 32.4 Å². The molecule has 1 heterocycles. The molecule has 0 spiro atoms. The summed E-state index contributed by atoms with van der Waals surface area (Å²) in [6, 6.07) is 8.21. The molecule has 1 N–H and O–H groups in total. The topological polar surface area (TPSA) is 30.5 Å². The number of para-hydroxylation sites is 1. The monoisotopic (exact) mass is 249 g/mol. The molecule has 1 aliphatic rings. The van der Waals surface area contributed by atoms with Crippen molar-refractivity contribution in [2.75, 3.05) is 26.3 Å². The Kier molecular flexibility index (Phi) is 5.49. The van der Waals surface area contributed by atoms with Crippen molar-refractivity contribution in [1.29, 1.82) is 0 Å². The van der Waals surface area contributed by atoms with Gasteiger partial charge in [0, 0.05) is 0 Å². The van der Waals surface area contributed by atoms with Gasteiger partial charge in [-0.2, -0.15) is 0 Å². The van der Waals surface area contributed by atoms with Crippen LogP contribution < -0.4 is 10.1 Å². The third-order valence-corrected chi connectivity index (χ3v) is 3.33. The van der Waals surface area contributed by atoms with E-state index in [2.05, 4.69) is 24.4 Å². The van der Waals surface area contributed by atoms with Crippen LogP contribution in [0.1, 0.15) is 25.3 Å². The van der Waals surface area contributed by atoms with Gasteiger partial charge in [-0.25, -0.2) is 0 Å². The minimum absolute atomic E-state index is 0.413. The number of benzene rings is 1. The van der Waals surface area contributed by atoms with Gasteiger partial charge in [0.05, 0.1) is 12.7 Å². The van der Waals surface area contributed by atoms with Crippen LogP contribution in [0.5, 0.6) is 5.75 Å². The maximum absolute atomic E-state index is 5.81. The molecule has 18 heavy (non-hydrogen) atoms. The summed E-state index contributed by atoms with van der Waals surface area (Å²) in [5.41, 5.74) is 1.26. The van der Waals surface area contributed by atoms with E-state index in [9.17, 15) is 0 Å². The van der Waals surface area contributed by atoms with Crippen molar-refractivity contribution < 1.29 is 9.47 Å². The van der Waals surface area contributed by atoms with E-state index in [0.717, 1.165) is 38.1 Å². The largest absolute Gasteiger partial charge is 0.491 e. The zero-order valence-corrected chi connectivity index (χ0v) is 11.2. The molecule has 0 unspecified atom stereocenters. The van der Waals surface area contributed by atoms with Crippen molar-refractivity contribution in [2.24, 2.45) is 0 Å². The molecule has 1 fully saturated rings. The highest BCUT2D eigenvalue weighted by molar-refractivity contribution is 5.33. The molecule has 0 atom stereocenters. The number of hydrogen-bond donors (Lipinski definition) is 1. The van der Waals surface area contributed by atoms with Gasteiger partial charge in [-0.1, -0.05) is 25.1 Å². The lowest BCUT2D eigenvalue weighted by Crippen LogP contribution is -2.33. The average Bonchev–Trinajstić information content (AvgIpc) is 2.45. The van der Waals surface area contributed by atoms with Crippen molar-refractivity contribution in [1.82, 2.24) is 5.32 Å². The van der Waals surface area contributed by atoms with Gasteiger partial charge in [0.25, 0.3) is 0 Å². The normalized spacial score (nSPS) is 16.7. The first kappa shape index (κ1) is 13.4. The minimum atomic E-state index is 0.413. The van der Waals surface area contributed by atoms with Gasteiger partial charge in [0.2, 0.25) is 0 Å². The van der Waals surface area contributed by atoms with E-state index in [1.54, 1.807) is 0 Å². The fourth-order valence-corrected chi connectivity index (χ4v) is 2.27. The van der Waals surface area contributed by atoms with Gasteiger partial charge in [0.15, 0.2) is 0 Å². The van der Waals surface area contributed by atoms with Crippen molar-refractivity contribution in [3.8, 4) is 5.75 Å². The summed E-state index contributed by atoms with van der Waals surface area (Å²) in [6.07, 6.45) is 3.65. The second-order valence-electron chi connectivity index (χ2n) is 4.63. The van der Waals surface area contributed by atoms with E-state index >= 15 is 0 Å². The van der Waals surface area contributed by atoms with E-state index in [-0.39, 0.29) is 0 Å². The Morgan fingerprint density at radius 3 is 2.72 bits per heavy atom. The summed E-state index contributed by atoms with van der Waals surface area (Å²) >= 11 is 0. The van der Waals surface area contributed by atoms with Crippen LogP contribution in [0.4, 0.5) is 0 Å². The first-order valence-corrected chi connectivity index (χ1v) is 6.93.